The first-order chi connectivity index (χ1) is 14.6. The van der Waals surface area contributed by atoms with Crippen molar-refractivity contribution in [2.75, 3.05) is 6.61 Å². The smallest absolute Gasteiger partial charge is 0.387 e. The Hall–Kier alpha value is -3.74. The van der Waals surface area contributed by atoms with E-state index in [1.807, 2.05) is 60.7 Å². The minimum absolute atomic E-state index is 0.0301. The molecule has 7 heteroatoms. The second kappa shape index (κ2) is 10.7. The maximum absolute atomic E-state index is 12.4. The van der Waals surface area contributed by atoms with Crippen LogP contribution in [0.25, 0.3) is 0 Å². The fourth-order valence-corrected chi connectivity index (χ4v) is 2.83. The summed E-state index contributed by atoms with van der Waals surface area (Å²) >= 11 is 0. The summed E-state index contributed by atoms with van der Waals surface area (Å²) in [6, 6.07) is 24.9. The van der Waals surface area contributed by atoms with E-state index in [0.717, 1.165) is 11.1 Å². The molecule has 5 nitrogen and oxygen atoms in total. The molecule has 3 aromatic rings. The van der Waals surface area contributed by atoms with Gasteiger partial charge in [0.1, 0.15) is 5.75 Å². The summed E-state index contributed by atoms with van der Waals surface area (Å²) in [5.41, 5.74) is 2.17. The SMILES string of the molecule is O=C(CO/N=C\c1ccccc1OC(F)F)NC(c1ccccc1)c1ccccc1. The number of carbonyl (C=O) groups is 1. The number of halogens is 2. The molecule has 3 rings (SSSR count). The largest absolute Gasteiger partial charge is 0.434 e. The summed E-state index contributed by atoms with van der Waals surface area (Å²) in [5.74, 6) is -0.403. The lowest BCUT2D eigenvalue weighted by Crippen LogP contribution is -2.31. The third-order valence-corrected chi connectivity index (χ3v) is 4.17. The van der Waals surface area contributed by atoms with E-state index in [2.05, 4.69) is 15.2 Å². The Morgan fingerprint density at radius 3 is 2.07 bits per heavy atom. The van der Waals surface area contributed by atoms with Crippen molar-refractivity contribution >= 4 is 12.1 Å². The zero-order valence-electron chi connectivity index (χ0n) is 15.9. The Morgan fingerprint density at radius 1 is 0.900 bits per heavy atom. The van der Waals surface area contributed by atoms with Crippen LogP contribution >= 0.6 is 0 Å². The normalized spacial score (nSPS) is 11.1. The van der Waals surface area contributed by atoms with Crippen molar-refractivity contribution in [1.82, 2.24) is 5.32 Å². The van der Waals surface area contributed by atoms with Gasteiger partial charge in [-0.3, -0.25) is 4.79 Å². The van der Waals surface area contributed by atoms with Gasteiger partial charge in [-0.05, 0) is 23.3 Å². The number of oxime groups is 1. The van der Waals surface area contributed by atoms with E-state index in [1.165, 1.54) is 12.3 Å². The fourth-order valence-electron chi connectivity index (χ4n) is 2.83. The van der Waals surface area contributed by atoms with Crippen LogP contribution in [0, 0.1) is 0 Å². The predicted octanol–water partition coefficient (Wildman–Crippen LogP) is 4.54. The molecule has 0 aliphatic heterocycles. The standard InChI is InChI=1S/C23H20F2N2O3/c24-23(25)30-20-14-8-7-13-19(20)15-26-29-16-21(28)27-22(17-9-3-1-4-10-17)18-11-5-2-6-12-18/h1-15,22-23H,16H2,(H,27,28)/b26-15-. The molecule has 1 amide bonds. The number of nitrogens with zero attached hydrogens (tertiary/aromatic N) is 1. The summed E-state index contributed by atoms with van der Waals surface area (Å²) in [6.45, 7) is -3.27. The average molecular weight is 410 g/mol. The van der Waals surface area contributed by atoms with Gasteiger partial charge >= 0.3 is 6.61 Å². The molecule has 0 saturated heterocycles. The van der Waals surface area contributed by atoms with Gasteiger partial charge in [0.05, 0.1) is 12.3 Å². The first-order valence-corrected chi connectivity index (χ1v) is 9.22. The van der Waals surface area contributed by atoms with Crippen molar-refractivity contribution in [2.24, 2.45) is 5.16 Å². The van der Waals surface area contributed by atoms with Crippen LogP contribution in [0.1, 0.15) is 22.7 Å². The van der Waals surface area contributed by atoms with E-state index >= 15 is 0 Å². The lowest BCUT2D eigenvalue weighted by atomic mass is 9.99. The molecule has 0 spiro atoms. The number of rotatable bonds is 9. The fraction of sp³-hybridized carbons (Fsp3) is 0.130. The number of ether oxygens (including phenoxy) is 1. The summed E-state index contributed by atoms with van der Waals surface area (Å²) < 4.78 is 29.3. The van der Waals surface area contributed by atoms with Crippen LogP contribution in [0.4, 0.5) is 8.78 Å². The van der Waals surface area contributed by atoms with Gasteiger partial charge in [-0.25, -0.2) is 0 Å². The van der Waals surface area contributed by atoms with Crippen molar-refractivity contribution < 1.29 is 23.1 Å². The summed E-state index contributed by atoms with van der Waals surface area (Å²) in [5, 5.41) is 6.62. The predicted molar refractivity (Wildman–Crippen MR) is 109 cm³/mol. The van der Waals surface area contributed by atoms with Crippen LogP contribution in [-0.2, 0) is 9.63 Å². The Bertz CT molecular complexity index is 927. The van der Waals surface area contributed by atoms with Crippen molar-refractivity contribution in [3.05, 3.63) is 102 Å². The van der Waals surface area contributed by atoms with Crippen LogP contribution in [0.15, 0.2) is 90.1 Å². The topological polar surface area (TPSA) is 59.9 Å². The molecule has 0 aliphatic carbocycles. The van der Waals surface area contributed by atoms with Crippen LogP contribution in [0.3, 0.4) is 0 Å². The van der Waals surface area contributed by atoms with Gasteiger partial charge < -0.3 is 14.9 Å². The third kappa shape index (κ3) is 6.13. The van der Waals surface area contributed by atoms with E-state index in [1.54, 1.807) is 18.2 Å². The summed E-state index contributed by atoms with van der Waals surface area (Å²) in [4.78, 5) is 17.4. The van der Waals surface area contributed by atoms with Gasteiger partial charge in [-0.15, -0.1) is 0 Å². The van der Waals surface area contributed by atoms with Gasteiger partial charge in [0.2, 0.25) is 0 Å². The van der Waals surface area contributed by atoms with Crippen LogP contribution < -0.4 is 10.1 Å². The Balaban J connectivity index is 1.61. The molecule has 0 unspecified atom stereocenters. The highest BCUT2D eigenvalue weighted by atomic mass is 19.3. The lowest BCUT2D eigenvalue weighted by Gasteiger charge is -2.19. The number of alkyl halides is 2. The molecule has 0 heterocycles. The highest BCUT2D eigenvalue weighted by molar-refractivity contribution is 5.83. The van der Waals surface area contributed by atoms with Crippen molar-refractivity contribution in [3.63, 3.8) is 0 Å². The van der Waals surface area contributed by atoms with Gasteiger partial charge in [0, 0.05) is 5.56 Å². The van der Waals surface area contributed by atoms with E-state index in [9.17, 15) is 13.6 Å². The molecule has 0 atom stereocenters. The molecule has 0 saturated carbocycles. The minimum Gasteiger partial charge on any atom is -0.434 e. The van der Waals surface area contributed by atoms with Gasteiger partial charge in [-0.2, -0.15) is 8.78 Å². The molecule has 3 aromatic carbocycles. The summed E-state index contributed by atoms with van der Waals surface area (Å²) in [6.07, 6.45) is 1.22. The highest BCUT2D eigenvalue weighted by Crippen LogP contribution is 2.21. The zero-order chi connectivity index (χ0) is 21.2. The lowest BCUT2D eigenvalue weighted by molar-refractivity contribution is -0.126. The molecular weight excluding hydrogens is 390 g/mol. The minimum atomic E-state index is -2.95. The van der Waals surface area contributed by atoms with Crippen molar-refractivity contribution in [3.8, 4) is 5.75 Å². The van der Waals surface area contributed by atoms with E-state index < -0.39 is 6.61 Å². The molecular formula is C23H20F2N2O3. The van der Waals surface area contributed by atoms with Gasteiger partial charge in [0.25, 0.3) is 5.91 Å². The number of benzene rings is 3. The quantitative estimate of drug-likeness (QED) is 0.416. The number of amides is 1. The second-order valence-electron chi connectivity index (χ2n) is 6.25. The Morgan fingerprint density at radius 2 is 1.47 bits per heavy atom. The molecule has 0 aromatic heterocycles. The Labute approximate surface area is 172 Å². The number of para-hydroxylation sites is 1. The third-order valence-electron chi connectivity index (χ3n) is 4.17. The molecule has 1 N–H and O–H groups in total. The molecule has 0 bridgehead atoms. The summed E-state index contributed by atoms with van der Waals surface area (Å²) in [7, 11) is 0. The molecule has 0 radical (unpaired) electrons. The second-order valence-corrected chi connectivity index (χ2v) is 6.25. The molecule has 0 aliphatic rings. The monoisotopic (exact) mass is 410 g/mol. The van der Waals surface area contributed by atoms with Gasteiger partial charge in [0.15, 0.2) is 6.61 Å². The molecule has 30 heavy (non-hydrogen) atoms. The number of hydrogen-bond acceptors (Lipinski definition) is 4. The van der Waals surface area contributed by atoms with Crippen molar-refractivity contribution in [1.29, 1.82) is 0 Å². The maximum Gasteiger partial charge on any atom is 0.387 e. The highest BCUT2D eigenvalue weighted by Gasteiger charge is 2.16. The zero-order valence-corrected chi connectivity index (χ0v) is 15.9. The van der Waals surface area contributed by atoms with Crippen molar-refractivity contribution in [2.45, 2.75) is 12.7 Å². The van der Waals surface area contributed by atoms with E-state index in [4.69, 9.17) is 4.84 Å². The maximum atomic E-state index is 12.4. The van der Waals surface area contributed by atoms with E-state index in [-0.39, 0.29) is 24.3 Å². The Kier molecular flexibility index (Phi) is 7.49. The average Bonchev–Trinajstić information content (AvgIpc) is 2.77. The first-order valence-electron chi connectivity index (χ1n) is 9.22. The van der Waals surface area contributed by atoms with E-state index in [0.29, 0.717) is 5.56 Å². The van der Waals surface area contributed by atoms with Gasteiger partial charge in [-0.1, -0.05) is 78.0 Å². The van der Waals surface area contributed by atoms with Crippen LogP contribution in [-0.4, -0.2) is 25.3 Å². The van der Waals surface area contributed by atoms with Crippen LogP contribution in [0.2, 0.25) is 0 Å². The molecule has 154 valence electrons. The first kappa shape index (κ1) is 21.0. The number of nitrogens with one attached hydrogen (secondary N) is 1. The number of carbonyl (C=O) groups excluding carboxylic acids is 1. The molecule has 0 fully saturated rings. The number of hydrogen-bond donors (Lipinski definition) is 1. The van der Waals surface area contributed by atoms with Crippen LogP contribution in [0.5, 0.6) is 5.75 Å².